The van der Waals surface area contributed by atoms with Gasteiger partial charge in [0.05, 0.1) is 11.4 Å². The maximum absolute atomic E-state index is 12.0. The topological polar surface area (TPSA) is 87.6 Å². The van der Waals surface area contributed by atoms with Crippen molar-refractivity contribution in [3.8, 4) is 0 Å². The number of rotatable bonds is 7. The van der Waals surface area contributed by atoms with Gasteiger partial charge in [0.1, 0.15) is 0 Å². The maximum atomic E-state index is 12.0. The van der Waals surface area contributed by atoms with E-state index < -0.39 is 15.9 Å². The Balaban J connectivity index is 1.82. The lowest BCUT2D eigenvalue weighted by Crippen LogP contribution is -2.35. The van der Waals surface area contributed by atoms with Crippen LogP contribution >= 0.6 is 0 Å². The molecule has 2 N–H and O–H groups in total. The van der Waals surface area contributed by atoms with Crippen LogP contribution < -0.4 is 10.1 Å². The molecule has 2 aromatic carbocycles. The lowest BCUT2D eigenvalue weighted by molar-refractivity contribution is -0.119. The van der Waals surface area contributed by atoms with E-state index in [9.17, 15) is 13.2 Å². The number of carbonyl (C=O) groups excluding carboxylic acids is 1. The predicted octanol–water partition coefficient (Wildman–Crippen LogP) is 1.87. The van der Waals surface area contributed by atoms with Crippen LogP contribution in [0.2, 0.25) is 0 Å². The van der Waals surface area contributed by atoms with Crippen LogP contribution in [0.4, 0.5) is 0 Å². The molecule has 0 radical (unpaired) electrons. The molecule has 0 aliphatic carbocycles. The highest BCUT2D eigenvalue weighted by Crippen LogP contribution is 2.11. The number of hydrazone groups is 1. The Morgan fingerprint density at radius 2 is 1.67 bits per heavy atom. The van der Waals surface area contributed by atoms with Crippen molar-refractivity contribution in [1.29, 1.82) is 0 Å². The molecule has 2 aromatic rings. The Labute approximate surface area is 141 Å². The van der Waals surface area contributed by atoms with Crippen molar-refractivity contribution in [1.82, 2.24) is 10.1 Å². The summed E-state index contributed by atoms with van der Waals surface area (Å²) < 4.78 is 26.2. The van der Waals surface area contributed by atoms with Crippen molar-refractivity contribution in [3.63, 3.8) is 0 Å². The van der Waals surface area contributed by atoms with Crippen LogP contribution in [0.1, 0.15) is 18.4 Å². The minimum absolute atomic E-state index is 0.0347. The third-order valence-electron chi connectivity index (χ3n) is 3.29. The van der Waals surface area contributed by atoms with E-state index in [2.05, 4.69) is 15.2 Å². The normalized spacial score (nSPS) is 12.9. The van der Waals surface area contributed by atoms with Crippen LogP contribution in [-0.2, 0) is 14.8 Å². The predicted molar refractivity (Wildman–Crippen MR) is 93.1 cm³/mol. The number of carbonyl (C=O) groups is 1. The standard InChI is InChI=1S/C17H19N3O3S/c1-14(15-8-4-2-5-9-15)12-18-20-17(21)13-19-24(22,23)16-10-6-3-7-11-16/h2-12,14,19H,13H2,1H3,(H,20,21)/b18-12-/t14-/m1/s1. The van der Waals surface area contributed by atoms with Gasteiger partial charge in [-0.25, -0.2) is 18.6 Å². The van der Waals surface area contributed by atoms with Crippen LogP contribution in [0, 0.1) is 0 Å². The Morgan fingerprint density at radius 3 is 2.29 bits per heavy atom. The van der Waals surface area contributed by atoms with Crippen LogP contribution in [0.15, 0.2) is 70.7 Å². The molecule has 1 atom stereocenters. The van der Waals surface area contributed by atoms with Crippen LogP contribution in [0.25, 0.3) is 0 Å². The summed E-state index contributed by atoms with van der Waals surface area (Å²) in [7, 11) is -3.70. The summed E-state index contributed by atoms with van der Waals surface area (Å²) in [5.41, 5.74) is 3.38. The molecule has 2 rings (SSSR count). The van der Waals surface area contributed by atoms with Gasteiger partial charge in [0.2, 0.25) is 10.0 Å². The second kappa shape index (κ2) is 8.37. The summed E-state index contributed by atoms with van der Waals surface area (Å²) >= 11 is 0. The largest absolute Gasteiger partial charge is 0.272 e. The van der Waals surface area contributed by atoms with E-state index in [1.54, 1.807) is 24.4 Å². The number of benzene rings is 2. The third kappa shape index (κ3) is 5.29. The molecule has 0 unspecified atom stereocenters. The monoisotopic (exact) mass is 345 g/mol. The van der Waals surface area contributed by atoms with Gasteiger partial charge in [-0.15, -0.1) is 0 Å². The first-order valence-electron chi connectivity index (χ1n) is 7.41. The first-order valence-corrected chi connectivity index (χ1v) is 8.89. The van der Waals surface area contributed by atoms with E-state index in [1.807, 2.05) is 37.3 Å². The second-order valence-corrected chi connectivity index (χ2v) is 6.92. The number of hydrogen-bond acceptors (Lipinski definition) is 4. The molecule has 0 heterocycles. The summed E-state index contributed by atoms with van der Waals surface area (Å²) in [5, 5.41) is 3.86. The molecule has 126 valence electrons. The second-order valence-electron chi connectivity index (χ2n) is 5.15. The van der Waals surface area contributed by atoms with E-state index in [4.69, 9.17) is 0 Å². The van der Waals surface area contributed by atoms with Gasteiger partial charge >= 0.3 is 0 Å². The van der Waals surface area contributed by atoms with Crippen molar-refractivity contribution in [3.05, 3.63) is 66.2 Å². The van der Waals surface area contributed by atoms with Gasteiger partial charge in [0.25, 0.3) is 5.91 Å². The summed E-state index contributed by atoms with van der Waals surface area (Å²) in [4.78, 5) is 11.8. The SMILES string of the molecule is C[C@H](/C=N\NC(=O)CNS(=O)(=O)c1ccccc1)c1ccccc1. The molecule has 1 amide bonds. The van der Waals surface area contributed by atoms with E-state index in [0.717, 1.165) is 5.56 Å². The van der Waals surface area contributed by atoms with E-state index in [0.29, 0.717) is 0 Å². The zero-order chi connectivity index (χ0) is 17.4. The molecule has 0 aromatic heterocycles. The Hall–Kier alpha value is -2.51. The average Bonchev–Trinajstić information content (AvgIpc) is 2.61. The van der Waals surface area contributed by atoms with Gasteiger partial charge in [-0.1, -0.05) is 55.5 Å². The van der Waals surface area contributed by atoms with Gasteiger partial charge in [-0.3, -0.25) is 4.79 Å². The van der Waals surface area contributed by atoms with Gasteiger partial charge in [-0.2, -0.15) is 5.10 Å². The van der Waals surface area contributed by atoms with Crippen molar-refractivity contribution in [2.45, 2.75) is 17.7 Å². The Bertz CT molecular complexity index is 790. The summed E-state index contributed by atoms with van der Waals surface area (Å²) in [6, 6.07) is 17.6. The molecule has 0 bridgehead atoms. The van der Waals surface area contributed by atoms with E-state index in [1.165, 1.54) is 12.1 Å². The Kier molecular flexibility index (Phi) is 6.22. The summed E-state index contributed by atoms with van der Waals surface area (Å²) in [6.07, 6.45) is 1.60. The van der Waals surface area contributed by atoms with E-state index in [-0.39, 0.29) is 17.4 Å². The average molecular weight is 345 g/mol. The molecule has 0 spiro atoms. The van der Waals surface area contributed by atoms with Crippen molar-refractivity contribution in [2.24, 2.45) is 5.10 Å². The Morgan fingerprint density at radius 1 is 1.08 bits per heavy atom. The molecular formula is C17H19N3O3S. The fraction of sp³-hybridized carbons (Fsp3) is 0.176. The zero-order valence-electron chi connectivity index (χ0n) is 13.2. The minimum atomic E-state index is -3.70. The van der Waals surface area contributed by atoms with Crippen LogP contribution in [0.3, 0.4) is 0 Å². The first-order chi connectivity index (χ1) is 11.5. The number of amides is 1. The summed E-state index contributed by atoms with van der Waals surface area (Å²) in [5.74, 6) is -0.501. The van der Waals surface area contributed by atoms with Crippen LogP contribution in [-0.4, -0.2) is 27.1 Å². The van der Waals surface area contributed by atoms with Gasteiger partial charge in [0, 0.05) is 12.1 Å². The van der Waals surface area contributed by atoms with Crippen LogP contribution in [0.5, 0.6) is 0 Å². The highest BCUT2D eigenvalue weighted by atomic mass is 32.2. The van der Waals surface area contributed by atoms with Gasteiger partial charge in [-0.05, 0) is 17.7 Å². The van der Waals surface area contributed by atoms with Crippen molar-refractivity contribution in [2.75, 3.05) is 6.54 Å². The first kappa shape index (κ1) is 17.8. The van der Waals surface area contributed by atoms with Gasteiger partial charge in [0.15, 0.2) is 0 Å². The smallest absolute Gasteiger partial charge is 0.255 e. The molecular weight excluding hydrogens is 326 g/mol. The number of nitrogens with zero attached hydrogens (tertiary/aromatic N) is 1. The van der Waals surface area contributed by atoms with Gasteiger partial charge < -0.3 is 0 Å². The highest BCUT2D eigenvalue weighted by molar-refractivity contribution is 7.89. The molecule has 24 heavy (non-hydrogen) atoms. The number of nitrogens with one attached hydrogen (secondary N) is 2. The molecule has 0 aliphatic rings. The fourth-order valence-corrected chi connectivity index (χ4v) is 2.95. The molecule has 0 fully saturated rings. The number of hydrogen-bond donors (Lipinski definition) is 2. The van der Waals surface area contributed by atoms with Crippen molar-refractivity contribution < 1.29 is 13.2 Å². The molecule has 0 aliphatic heterocycles. The lowest BCUT2D eigenvalue weighted by Gasteiger charge is -2.07. The third-order valence-corrected chi connectivity index (χ3v) is 4.71. The zero-order valence-corrected chi connectivity index (χ0v) is 14.0. The molecule has 7 heteroatoms. The number of sulfonamides is 1. The van der Waals surface area contributed by atoms with Crippen molar-refractivity contribution >= 4 is 22.1 Å². The minimum Gasteiger partial charge on any atom is -0.272 e. The molecule has 6 nitrogen and oxygen atoms in total. The highest BCUT2D eigenvalue weighted by Gasteiger charge is 2.14. The van der Waals surface area contributed by atoms with E-state index >= 15 is 0 Å². The molecule has 0 saturated carbocycles. The quantitative estimate of drug-likeness (QED) is 0.593. The molecule has 0 saturated heterocycles. The lowest BCUT2D eigenvalue weighted by atomic mass is 10.0. The summed E-state index contributed by atoms with van der Waals surface area (Å²) in [6.45, 7) is 1.57. The maximum Gasteiger partial charge on any atom is 0.255 e. The fourth-order valence-electron chi connectivity index (χ4n) is 1.95.